The molecule has 0 saturated heterocycles. The van der Waals surface area contributed by atoms with E-state index >= 15 is 0 Å². The smallest absolute Gasteiger partial charge is 0.145 e. The summed E-state index contributed by atoms with van der Waals surface area (Å²) in [5.41, 5.74) is 5.79. The van der Waals surface area contributed by atoms with Gasteiger partial charge < -0.3 is 10.1 Å². The molecule has 3 nitrogen and oxygen atoms in total. The maximum absolute atomic E-state index is 5.88. The van der Waals surface area contributed by atoms with Gasteiger partial charge in [0.15, 0.2) is 0 Å². The van der Waals surface area contributed by atoms with Crippen LogP contribution in [-0.4, -0.2) is 4.98 Å². The summed E-state index contributed by atoms with van der Waals surface area (Å²) < 4.78 is 5.88. The lowest BCUT2D eigenvalue weighted by molar-refractivity contribution is 0.478. The Labute approximate surface area is 181 Å². The monoisotopic (exact) mass is 400 g/mol. The number of aromatic nitrogens is 1. The molecule has 1 N–H and O–H groups in total. The standard InChI is InChI=1S/C25H26N2O.C2H6/c1-18-8-5-9-22(20(18)3)14-13-19(2)27-21(4)23-10-6-11-24(16-23)28-25-12-7-15-26-17-25;1-2/h5-17,21,27H,2H2,1,3-4H3;1-2H3/b14-13+;. The molecule has 3 heteroatoms. The van der Waals surface area contributed by atoms with Crippen molar-refractivity contribution in [2.75, 3.05) is 0 Å². The van der Waals surface area contributed by atoms with E-state index in [9.17, 15) is 0 Å². The fraction of sp³-hybridized carbons (Fsp3) is 0.222. The van der Waals surface area contributed by atoms with E-state index in [1.165, 1.54) is 16.7 Å². The number of nitrogens with zero attached hydrogens (tertiary/aromatic N) is 1. The van der Waals surface area contributed by atoms with Crippen LogP contribution in [0.15, 0.2) is 85.3 Å². The molecule has 1 unspecified atom stereocenters. The Morgan fingerprint density at radius 1 is 1.03 bits per heavy atom. The summed E-state index contributed by atoms with van der Waals surface area (Å²) in [6.45, 7) is 14.5. The first-order valence-corrected chi connectivity index (χ1v) is 10.4. The molecule has 1 aromatic heterocycles. The summed E-state index contributed by atoms with van der Waals surface area (Å²) in [6, 6.07) is 18.2. The van der Waals surface area contributed by atoms with E-state index in [-0.39, 0.29) is 6.04 Å². The second-order valence-electron chi connectivity index (χ2n) is 6.88. The summed E-state index contributed by atoms with van der Waals surface area (Å²) in [5.74, 6) is 1.51. The van der Waals surface area contributed by atoms with Crippen molar-refractivity contribution in [2.45, 2.75) is 40.7 Å². The van der Waals surface area contributed by atoms with E-state index in [1.807, 2.05) is 50.3 Å². The van der Waals surface area contributed by atoms with Gasteiger partial charge in [-0.25, -0.2) is 0 Å². The van der Waals surface area contributed by atoms with Gasteiger partial charge >= 0.3 is 0 Å². The lowest BCUT2D eigenvalue weighted by Gasteiger charge is -2.17. The first-order valence-electron chi connectivity index (χ1n) is 10.4. The van der Waals surface area contributed by atoms with Crippen LogP contribution in [0.5, 0.6) is 11.5 Å². The number of hydrogen-bond donors (Lipinski definition) is 1. The van der Waals surface area contributed by atoms with Gasteiger partial charge in [-0.05, 0) is 73.4 Å². The molecule has 1 atom stereocenters. The van der Waals surface area contributed by atoms with Gasteiger partial charge in [-0.15, -0.1) is 0 Å². The maximum Gasteiger partial charge on any atom is 0.145 e. The highest BCUT2D eigenvalue weighted by Crippen LogP contribution is 2.24. The van der Waals surface area contributed by atoms with Gasteiger partial charge in [-0.1, -0.05) is 56.8 Å². The van der Waals surface area contributed by atoms with Crippen LogP contribution < -0.4 is 10.1 Å². The predicted octanol–water partition coefficient (Wildman–Crippen LogP) is 7.39. The largest absolute Gasteiger partial charge is 0.456 e. The third kappa shape index (κ3) is 6.63. The van der Waals surface area contributed by atoms with E-state index < -0.39 is 0 Å². The molecular formula is C27H32N2O. The van der Waals surface area contributed by atoms with E-state index in [1.54, 1.807) is 12.4 Å². The molecule has 1 heterocycles. The second-order valence-corrected chi connectivity index (χ2v) is 6.88. The highest BCUT2D eigenvalue weighted by molar-refractivity contribution is 5.57. The fourth-order valence-corrected chi connectivity index (χ4v) is 2.95. The Kier molecular flexibility index (Phi) is 8.89. The van der Waals surface area contributed by atoms with E-state index in [0.717, 1.165) is 22.8 Å². The predicted molar refractivity (Wildman–Crippen MR) is 128 cm³/mol. The van der Waals surface area contributed by atoms with Crippen LogP contribution >= 0.6 is 0 Å². The minimum Gasteiger partial charge on any atom is -0.456 e. The average Bonchev–Trinajstić information content (AvgIpc) is 2.77. The van der Waals surface area contributed by atoms with Crippen LogP contribution in [0.4, 0.5) is 0 Å². The minimum atomic E-state index is 0.105. The number of hydrogen-bond acceptors (Lipinski definition) is 3. The number of aryl methyl sites for hydroxylation is 1. The van der Waals surface area contributed by atoms with Crippen LogP contribution in [0, 0.1) is 13.8 Å². The first-order chi connectivity index (χ1) is 14.5. The van der Waals surface area contributed by atoms with E-state index in [2.05, 4.69) is 68.0 Å². The third-order valence-corrected chi connectivity index (χ3v) is 4.74. The molecule has 0 aliphatic carbocycles. The highest BCUT2D eigenvalue weighted by atomic mass is 16.5. The van der Waals surface area contributed by atoms with Crippen molar-refractivity contribution >= 4 is 6.08 Å². The summed E-state index contributed by atoms with van der Waals surface area (Å²) in [7, 11) is 0. The summed E-state index contributed by atoms with van der Waals surface area (Å²) >= 11 is 0. The minimum absolute atomic E-state index is 0.105. The topological polar surface area (TPSA) is 34.1 Å². The summed E-state index contributed by atoms with van der Waals surface area (Å²) in [4.78, 5) is 4.08. The number of rotatable bonds is 7. The SMILES string of the molecule is C=C(/C=C/c1cccc(C)c1C)NC(C)c1cccc(Oc2cccnc2)c1.CC. The van der Waals surface area contributed by atoms with E-state index in [4.69, 9.17) is 4.74 Å². The van der Waals surface area contributed by atoms with Gasteiger partial charge in [-0.3, -0.25) is 4.98 Å². The van der Waals surface area contributed by atoms with Crippen LogP contribution in [0.3, 0.4) is 0 Å². The molecule has 0 fully saturated rings. The number of ether oxygens (including phenoxy) is 1. The Balaban J connectivity index is 0.00000155. The van der Waals surface area contributed by atoms with Gasteiger partial charge in [0.05, 0.1) is 6.20 Å². The highest BCUT2D eigenvalue weighted by Gasteiger charge is 2.07. The van der Waals surface area contributed by atoms with Crippen molar-refractivity contribution in [1.29, 1.82) is 0 Å². The lowest BCUT2D eigenvalue weighted by Crippen LogP contribution is -2.16. The van der Waals surface area contributed by atoms with Crippen LogP contribution in [0.2, 0.25) is 0 Å². The second kappa shape index (κ2) is 11.6. The van der Waals surface area contributed by atoms with Gasteiger partial charge in [0.25, 0.3) is 0 Å². The number of pyridine rings is 1. The Hall–Kier alpha value is -3.33. The van der Waals surface area contributed by atoms with Crippen molar-refractivity contribution in [3.63, 3.8) is 0 Å². The molecule has 0 amide bonds. The third-order valence-electron chi connectivity index (χ3n) is 4.74. The lowest BCUT2D eigenvalue weighted by atomic mass is 10.0. The molecule has 0 radical (unpaired) electrons. The molecule has 30 heavy (non-hydrogen) atoms. The summed E-state index contributed by atoms with van der Waals surface area (Å²) in [6.07, 6.45) is 7.56. The Bertz CT molecular complexity index is 977. The number of nitrogens with one attached hydrogen (secondary N) is 1. The van der Waals surface area contributed by atoms with Gasteiger partial charge in [0, 0.05) is 17.9 Å². The van der Waals surface area contributed by atoms with Crippen LogP contribution in [0.25, 0.3) is 6.08 Å². The van der Waals surface area contributed by atoms with Crippen LogP contribution in [0.1, 0.15) is 49.1 Å². The van der Waals surface area contributed by atoms with Crippen LogP contribution in [-0.2, 0) is 0 Å². The molecule has 0 spiro atoms. The van der Waals surface area contributed by atoms with E-state index in [0.29, 0.717) is 0 Å². The van der Waals surface area contributed by atoms with Gasteiger partial charge in [0.2, 0.25) is 0 Å². The Morgan fingerprint density at radius 2 is 1.77 bits per heavy atom. The summed E-state index contributed by atoms with van der Waals surface area (Å²) in [5, 5.41) is 3.44. The van der Waals surface area contributed by atoms with Crippen molar-refractivity contribution in [2.24, 2.45) is 0 Å². The molecule has 3 aromatic rings. The molecule has 2 aromatic carbocycles. The van der Waals surface area contributed by atoms with Gasteiger partial charge in [0.1, 0.15) is 11.5 Å². The molecule has 0 aliphatic heterocycles. The van der Waals surface area contributed by atoms with Crippen molar-refractivity contribution in [1.82, 2.24) is 10.3 Å². The molecular weight excluding hydrogens is 368 g/mol. The van der Waals surface area contributed by atoms with Crippen molar-refractivity contribution in [3.05, 3.63) is 108 Å². The normalized spacial score (nSPS) is 11.4. The van der Waals surface area contributed by atoms with Crippen molar-refractivity contribution < 1.29 is 4.74 Å². The molecule has 3 rings (SSSR count). The molecule has 156 valence electrons. The average molecular weight is 401 g/mol. The maximum atomic E-state index is 5.88. The van der Waals surface area contributed by atoms with Crippen molar-refractivity contribution in [3.8, 4) is 11.5 Å². The molecule has 0 aliphatic rings. The fourth-order valence-electron chi connectivity index (χ4n) is 2.95. The molecule has 0 saturated carbocycles. The Morgan fingerprint density at radius 3 is 2.50 bits per heavy atom. The number of benzene rings is 2. The number of allylic oxidation sites excluding steroid dienone is 1. The quantitative estimate of drug-likeness (QED) is 0.420. The van der Waals surface area contributed by atoms with Gasteiger partial charge in [-0.2, -0.15) is 0 Å². The molecule has 0 bridgehead atoms. The first kappa shape index (κ1) is 23.0. The zero-order chi connectivity index (χ0) is 21.9. The zero-order valence-electron chi connectivity index (χ0n) is 18.6. The zero-order valence-corrected chi connectivity index (χ0v) is 18.6.